The molecule has 8 rings (SSSR count). The molecule has 278 valence electrons. The molecule has 3 aliphatic heterocycles. The third kappa shape index (κ3) is 4.14. The molecule has 0 aromatic carbocycles. The van der Waals surface area contributed by atoms with E-state index in [9.17, 15) is 30.3 Å². The third-order valence-corrected chi connectivity index (χ3v) is 16.7. The van der Waals surface area contributed by atoms with Crippen LogP contribution in [0.2, 0.25) is 0 Å². The first-order valence-electron chi connectivity index (χ1n) is 19.0. The lowest BCUT2D eigenvalue weighted by Crippen LogP contribution is -2.62. The van der Waals surface area contributed by atoms with Crippen LogP contribution in [-0.4, -0.2) is 105 Å². The van der Waals surface area contributed by atoms with Crippen molar-refractivity contribution < 1.29 is 54.0 Å². The van der Waals surface area contributed by atoms with Gasteiger partial charge in [-0.05, 0) is 105 Å². The van der Waals surface area contributed by atoms with Crippen molar-refractivity contribution in [2.45, 2.75) is 173 Å². The van der Waals surface area contributed by atoms with Crippen LogP contribution >= 0.6 is 0 Å². The molecular formula is C38H60O11. The van der Waals surface area contributed by atoms with Crippen LogP contribution in [-0.2, 0) is 28.5 Å². The second-order valence-electron chi connectivity index (χ2n) is 19.3. The highest BCUT2D eigenvalue weighted by Gasteiger charge is 2.88. The molecule has 0 aromatic rings. The molecule has 3 heterocycles. The average Bonchev–Trinajstić information content (AvgIpc) is 3.53. The molecule has 0 amide bonds. The molecule has 3 spiro atoms. The summed E-state index contributed by atoms with van der Waals surface area (Å²) in [6.45, 7) is 16.3. The fourth-order valence-corrected chi connectivity index (χ4v) is 14.7. The molecule has 5 saturated carbocycles. The smallest absolute Gasteiger partial charge is 0.303 e. The van der Waals surface area contributed by atoms with Crippen LogP contribution in [0, 0.1) is 50.7 Å². The zero-order valence-corrected chi connectivity index (χ0v) is 30.6. The number of carbonyl (C=O) groups is 1. The minimum Gasteiger partial charge on any atom is -0.457 e. The predicted octanol–water partition coefficient (Wildman–Crippen LogP) is 3.05. The van der Waals surface area contributed by atoms with Crippen LogP contribution in [0.4, 0.5) is 0 Å². The minimum atomic E-state index is -1.47. The first-order chi connectivity index (χ1) is 22.8. The second kappa shape index (κ2) is 10.6. The monoisotopic (exact) mass is 692 g/mol. The Kier molecular flexibility index (Phi) is 7.62. The van der Waals surface area contributed by atoms with Gasteiger partial charge in [-0.15, -0.1) is 0 Å². The molecular weight excluding hydrogens is 632 g/mol. The molecule has 0 radical (unpaired) electrons. The van der Waals surface area contributed by atoms with E-state index in [1.807, 2.05) is 13.8 Å². The Morgan fingerprint density at radius 2 is 1.57 bits per heavy atom. The van der Waals surface area contributed by atoms with E-state index in [1.165, 1.54) is 6.92 Å². The van der Waals surface area contributed by atoms with E-state index in [0.29, 0.717) is 11.8 Å². The summed E-state index contributed by atoms with van der Waals surface area (Å²) in [4.78, 5) is 12.1. The van der Waals surface area contributed by atoms with Crippen LogP contribution in [0.1, 0.15) is 107 Å². The number of hydrogen-bond donors (Lipinski definition) is 5. The zero-order valence-electron chi connectivity index (χ0n) is 30.6. The summed E-state index contributed by atoms with van der Waals surface area (Å²) in [5.74, 6) is -0.561. The summed E-state index contributed by atoms with van der Waals surface area (Å²) in [5.41, 5.74) is -1.59. The third-order valence-electron chi connectivity index (χ3n) is 16.7. The Bertz CT molecular complexity index is 1370. The Morgan fingerprint density at radius 3 is 2.24 bits per heavy atom. The highest BCUT2D eigenvalue weighted by Crippen LogP contribution is 2.90. The Labute approximate surface area is 290 Å². The first-order valence-corrected chi connectivity index (χ1v) is 19.0. The van der Waals surface area contributed by atoms with Crippen LogP contribution < -0.4 is 0 Å². The maximum Gasteiger partial charge on any atom is 0.303 e. The molecule has 49 heavy (non-hydrogen) atoms. The zero-order chi connectivity index (χ0) is 35.5. The van der Waals surface area contributed by atoms with E-state index in [0.717, 1.165) is 51.4 Å². The molecule has 18 unspecified atom stereocenters. The van der Waals surface area contributed by atoms with Gasteiger partial charge < -0.3 is 49.2 Å². The van der Waals surface area contributed by atoms with Crippen molar-refractivity contribution in [2.24, 2.45) is 50.7 Å². The molecule has 2 bridgehead atoms. The fraction of sp³-hybridized carbons (Fsp3) is 0.974. The van der Waals surface area contributed by atoms with Crippen molar-refractivity contribution in [1.82, 2.24) is 0 Å². The predicted molar refractivity (Wildman–Crippen MR) is 174 cm³/mol. The lowest BCUT2D eigenvalue weighted by atomic mass is 9.41. The van der Waals surface area contributed by atoms with Gasteiger partial charge in [-0.1, -0.05) is 34.6 Å². The molecule has 5 N–H and O–H groups in total. The van der Waals surface area contributed by atoms with Crippen molar-refractivity contribution in [1.29, 1.82) is 0 Å². The van der Waals surface area contributed by atoms with E-state index < -0.39 is 66.3 Å². The van der Waals surface area contributed by atoms with Gasteiger partial charge in [0.15, 0.2) is 12.1 Å². The number of ether oxygens (including phenoxy) is 5. The van der Waals surface area contributed by atoms with E-state index in [2.05, 4.69) is 34.6 Å². The quantitative estimate of drug-likeness (QED) is 0.213. The molecule has 0 aromatic heterocycles. The molecule has 11 nitrogen and oxygen atoms in total. The normalized spacial score (nSPS) is 58.4. The number of fused-ring (bicyclic) bond motifs is 4. The van der Waals surface area contributed by atoms with Gasteiger partial charge in [-0.2, -0.15) is 0 Å². The van der Waals surface area contributed by atoms with Gasteiger partial charge in [-0.25, -0.2) is 0 Å². The molecule has 8 fully saturated rings. The van der Waals surface area contributed by atoms with Gasteiger partial charge in [0.25, 0.3) is 0 Å². The van der Waals surface area contributed by atoms with Crippen LogP contribution in [0.15, 0.2) is 0 Å². The fourth-order valence-electron chi connectivity index (χ4n) is 14.7. The lowest BCUT2D eigenvalue weighted by Gasteiger charge is -2.63. The number of rotatable bonds is 5. The van der Waals surface area contributed by atoms with E-state index in [1.54, 1.807) is 0 Å². The van der Waals surface area contributed by atoms with E-state index in [-0.39, 0.29) is 51.7 Å². The highest BCUT2D eigenvalue weighted by atomic mass is 16.8. The van der Waals surface area contributed by atoms with Crippen LogP contribution in [0.25, 0.3) is 0 Å². The standard InChI is InChI=1S/C38H60O11/c1-18-15-20-29(33(5,6)47-19(2)40)49-38(48-20)28(18)34(7)13-14-37-17-36(37)12-11-24(46-30-27(43)26(42)25(41)21(16-39)45-30)32(3,4)22(36)9-10-23(37)35(34,8)31(38)44/h18,20-31,39,41-44H,9-17H2,1-8H3. The number of aliphatic hydroxyl groups excluding tert-OH is 5. The molecule has 3 saturated heterocycles. The highest BCUT2D eigenvalue weighted by molar-refractivity contribution is 5.66. The van der Waals surface area contributed by atoms with Crippen molar-refractivity contribution in [2.75, 3.05) is 6.61 Å². The maximum absolute atomic E-state index is 12.8. The Morgan fingerprint density at radius 1 is 0.898 bits per heavy atom. The molecule has 18 atom stereocenters. The summed E-state index contributed by atoms with van der Waals surface area (Å²) in [6.07, 6.45) is -0.517. The summed E-state index contributed by atoms with van der Waals surface area (Å²) in [7, 11) is 0. The number of aliphatic hydroxyl groups is 5. The van der Waals surface area contributed by atoms with Crippen molar-refractivity contribution in [3.8, 4) is 0 Å². The van der Waals surface area contributed by atoms with Crippen molar-refractivity contribution >= 4 is 5.97 Å². The van der Waals surface area contributed by atoms with Gasteiger partial charge in [0.05, 0.1) is 18.8 Å². The van der Waals surface area contributed by atoms with Gasteiger partial charge in [0, 0.05) is 18.3 Å². The first kappa shape index (κ1) is 35.2. The summed E-state index contributed by atoms with van der Waals surface area (Å²) in [5, 5.41) is 54.1. The number of carbonyl (C=O) groups excluding carboxylic acids is 1. The van der Waals surface area contributed by atoms with Crippen LogP contribution in [0.5, 0.6) is 0 Å². The summed E-state index contributed by atoms with van der Waals surface area (Å²) in [6, 6.07) is 0. The van der Waals surface area contributed by atoms with Crippen molar-refractivity contribution in [3.63, 3.8) is 0 Å². The van der Waals surface area contributed by atoms with E-state index in [4.69, 9.17) is 23.7 Å². The van der Waals surface area contributed by atoms with Gasteiger partial charge in [-0.3, -0.25) is 4.79 Å². The number of esters is 1. The molecule has 8 aliphatic rings. The SMILES string of the molecule is CC(=O)OC(C)(C)C1OC23OC1CC(C)C2C1(C)CCC24CC25CCC(OC2OC(CO)C(O)C(O)C2O)C(C)(C)C5CCC4C1(C)C3O. The number of hydrogen-bond acceptors (Lipinski definition) is 11. The second-order valence-corrected chi connectivity index (χ2v) is 19.3. The molecule has 11 heteroatoms. The van der Waals surface area contributed by atoms with Crippen LogP contribution in [0.3, 0.4) is 0 Å². The van der Waals surface area contributed by atoms with Gasteiger partial charge in [0.1, 0.15) is 42.2 Å². The minimum absolute atomic E-state index is 0.0123. The van der Waals surface area contributed by atoms with Crippen molar-refractivity contribution in [3.05, 3.63) is 0 Å². The largest absolute Gasteiger partial charge is 0.457 e. The topological polar surface area (TPSA) is 164 Å². The van der Waals surface area contributed by atoms with Gasteiger partial charge in [0.2, 0.25) is 0 Å². The Balaban J connectivity index is 1.08. The molecule has 5 aliphatic carbocycles. The van der Waals surface area contributed by atoms with Gasteiger partial charge >= 0.3 is 5.97 Å². The summed E-state index contributed by atoms with van der Waals surface area (Å²) < 4.78 is 32.0. The maximum atomic E-state index is 12.8. The summed E-state index contributed by atoms with van der Waals surface area (Å²) >= 11 is 0. The Hall–Kier alpha value is -0.890. The average molecular weight is 693 g/mol. The lowest BCUT2D eigenvalue weighted by molar-refractivity contribution is -0.326. The van der Waals surface area contributed by atoms with E-state index >= 15 is 0 Å².